The van der Waals surface area contributed by atoms with Gasteiger partial charge in [-0.15, -0.1) is 0 Å². The van der Waals surface area contributed by atoms with Crippen molar-refractivity contribution in [1.29, 1.82) is 0 Å². The van der Waals surface area contributed by atoms with E-state index in [-0.39, 0.29) is 23.7 Å². The summed E-state index contributed by atoms with van der Waals surface area (Å²) in [5, 5.41) is 11.5. The van der Waals surface area contributed by atoms with Crippen molar-refractivity contribution < 1.29 is 19.5 Å². The summed E-state index contributed by atoms with van der Waals surface area (Å²) in [6.07, 6.45) is 1.02. The summed E-state index contributed by atoms with van der Waals surface area (Å²) in [4.78, 5) is 34.4. The fourth-order valence-electron chi connectivity index (χ4n) is 2.10. The summed E-state index contributed by atoms with van der Waals surface area (Å²) in [7, 11) is 0. The van der Waals surface area contributed by atoms with Crippen molar-refractivity contribution in [3.63, 3.8) is 0 Å². The first kappa shape index (κ1) is 16.4. The zero-order valence-electron chi connectivity index (χ0n) is 12.5. The lowest BCUT2D eigenvalue weighted by atomic mass is 10.1. The highest BCUT2D eigenvalue weighted by Gasteiger charge is 2.08. The molecule has 0 saturated carbocycles. The Labute approximate surface area is 134 Å². The van der Waals surface area contributed by atoms with Crippen LogP contribution in [-0.4, -0.2) is 22.8 Å². The molecule has 2 aromatic rings. The molecule has 0 fully saturated rings. The molecule has 118 valence electrons. The van der Waals surface area contributed by atoms with Crippen LogP contribution in [0.15, 0.2) is 54.6 Å². The number of rotatable bonds is 7. The molecular formula is C18H17NO4. The van der Waals surface area contributed by atoms with Gasteiger partial charge < -0.3 is 10.4 Å². The standard InChI is InChI=1S/C18H17NO4/c20-16(13-5-2-1-3-6-13)7-4-8-17(21)19-15-11-9-14(10-12-15)18(22)23/h1-3,5-6,9-12H,4,7-8H2,(H,19,21)(H,22,23). The third-order valence-corrected chi connectivity index (χ3v) is 3.32. The molecule has 0 unspecified atom stereocenters. The molecule has 0 heterocycles. The molecule has 0 aliphatic rings. The van der Waals surface area contributed by atoms with Gasteiger partial charge in [0.2, 0.25) is 5.91 Å². The molecular weight excluding hydrogens is 294 g/mol. The number of carboxylic acid groups (broad SMARTS) is 1. The van der Waals surface area contributed by atoms with Gasteiger partial charge in [-0.05, 0) is 30.7 Å². The predicted octanol–water partition coefficient (Wildman–Crippen LogP) is 3.38. The van der Waals surface area contributed by atoms with Crippen LogP contribution in [0.25, 0.3) is 0 Å². The molecule has 2 rings (SSSR count). The Balaban J connectivity index is 1.77. The SMILES string of the molecule is O=C(CCCC(=O)c1ccccc1)Nc1ccc(C(=O)O)cc1. The van der Waals surface area contributed by atoms with E-state index in [1.54, 1.807) is 24.3 Å². The van der Waals surface area contributed by atoms with Gasteiger partial charge in [0.25, 0.3) is 0 Å². The summed E-state index contributed by atoms with van der Waals surface area (Å²) in [6.45, 7) is 0. The first-order valence-corrected chi connectivity index (χ1v) is 7.28. The van der Waals surface area contributed by atoms with Crippen LogP contribution in [0.3, 0.4) is 0 Å². The van der Waals surface area contributed by atoms with E-state index in [4.69, 9.17) is 5.11 Å². The normalized spacial score (nSPS) is 10.1. The van der Waals surface area contributed by atoms with E-state index < -0.39 is 5.97 Å². The fourth-order valence-corrected chi connectivity index (χ4v) is 2.10. The summed E-state index contributed by atoms with van der Waals surface area (Å²) in [5.41, 5.74) is 1.35. The van der Waals surface area contributed by atoms with Crippen molar-refractivity contribution in [2.24, 2.45) is 0 Å². The topological polar surface area (TPSA) is 83.5 Å². The molecule has 1 amide bonds. The molecule has 5 nitrogen and oxygen atoms in total. The third-order valence-electron chi connectivity index (χ3n) is 3.32. The van der Waals surface area contributed by atoms with Crippen molar-refractivity contribution in [3.8, 4) is 0 Å². The Morgan fingerprint density at radius 1 is 0.826 bits per heavy atom. The van der Waals surface area contributed by atoms with Crippen LogP contribution in [-0.2, 0) is 4.79 Å². The first-order chi connectivity index (χ1) is 11.1. The van der Waals surface area contributed by atoms with E-state index in [0.29, 0.717) is 24.1 Å². The largest absolute Gasteiger partial charge is 0.478 e. The number of nitrogens with one attached hydrogen (secondary N) is 1. The van der Waals surface area contributed by atoms with Crippen LogP contribution < -0.4 is 5.32 Å². The lowest BCUT2D eigenvalue weighted by molar-refractivity contribution is -0.116. The van der Waals surface area contributed by atoms with E-state index in [0.717, 1.165) is 0 Å². The van der Waals surface area contributed by atoms with E-state index in [1.165, 1.54) is 24.3 Å². The highest BCUT2D eigenvalue weighted by atomic mass is 16.4. The van der Waals surface area contributed by atoms with Crippen LogP contribution in [0.2, 0.25) is 0 Å². The van der Waals surface area contributed by atoms with Gasteiger partial charge in [-0.25, -0.2) is 4.79 Å². The van der Waals surface area contributed by atoms with Gasteiger partial charge in [0, 0.05) is 24.1 Å². The first-order valence-electron chi connectivity index (χ1n) is 7.28. The molecule has 0 spiro atoms. The minimum absolute atomic E-state index is 0.0178. The highest BCUT2D eigenvalue weighted by molar-refractivity contribution is 5.97. The van der Waals surface area contributed by atoms with E-state index >= 15 is 0 Å². The number of carbonyl (C=O) groups is 3. The number of Topliss-reactive ketones (excluding diaryl/α,β-unsaturated/α-hetero) is 1. The van der Waals surface area contributed by atoms with Gasteiger partial charge >= 0.3 is 5.97 Å². The quantitative estimate of drug-likeness (QED) is 0.768. The van der Waals surface area contributed by atoms with Crippen molar-refractivity contribution in [2.75, 3.05) is 5.32 Å². The van der Waals surface area contributed by atoms with Crippen molar-refractivity contribution in [1.82, 2.24) is 0 Å². The lowest BCUT2D eigenvalue weighted by Gasteiger charge is -2.05. The molecule has 0 aliphatic carbocycles. The van der Waals surface area contributed by atoms with Gasteiger partial charge in [-0.2, -0.15) is 0 Å². The summed E-state index contributed by atoms with van der Waals surface area (Å²) < 4.78 is 0. The number of aromatic carboxylic acids is 1. The number of hydrogen-bond donors (Lipinski definition) is 2. The minimum atomic E-state index is -1.01. The fraction of sp³-hybridized carbons (Fsp3) is 0.167. The maximum Gasteiger partial charge on any atom is 0.335 e. The molecule has 0 aromatic heterocycles. The number of benzene rings is 2. The van der Waals surface area contributed by atoms with E-state index in [9.17, 15) is 14.4 Å². The van der Waals surface area contributed by atoms with Gasteiger partial charge in [0.05, 0.1) is 5.56 Å². The Kier molecular flexibility index (Phi) is 5.63. The summed E-state index contributed by atoms with van der Waals surface area (Å²) in [5.74, 6) is -1.19. The lowest BCUT2D eigenvalue weighted by Crippen LogP contribution is -2.12. The molecule has 0 radical (unpaired) electrons. The van der Waals surface area contributed by atoms with Gasteiger partial charge in [-0.3, -0.25) is 9.59 Å². The Bertz CT molecular complexity index is 693. The van der Waals surface area contributed by atoms with Crippen molar-refractivity contribution in [2.45, 2.75) is 19.3 Å². The molecule has 2 N–H and O–H groups in total. The maximum atomic E-state index is 11.9. The third kappa shape index (κ3) is 5.07. The highest BCUT2D eigenvalue weighted by Crippen LogP contribution is 2.11. The number of hydrogen-bond acceptors (Lipinski definition) is 3. The second-order valence-electron chi connectivity index (χ2n) is 5.07. The summed E-state index contributed by atoms with van der Waals surface area (Å²) >= 11 is 0. The molecule has 0 bridgehead atoms. The van der Waals surface area contributed by atoms with Crippen LogP contribution in [0, 0.1) is 0 Å². The molecule has 23 heavy (non-hydrogen) atoms. The number of ketones is 1. The average molecular weight is 311 g/mol. The Morgan fingerprint density at radius 2 is 1.48 bits per heavy atom. The maximum absolute atomic E-state index is 11.9. The monoisotopic (exact) mass is 311 g/mol. The number of carbonyl (C=O) groups excluding carboxylic acids is 2. The zero-order valence-corrected chi connectivity index (χ0v) is 12.5. The van der Waals surface area contributed by atoms with Crippen molar-refractivity contribution >= 4 is 23.3 Å². The molecule has 0 atom stereocenters. The smallest absolute Gasteiger partial charge is 0.335 e. The van der Waals surface area contributed by atoms with Gasteiger partial charge in [0.15, 0.2) is 5.78 Å². The average Bonchev–Trinajstić information content (AvgIpc) is 2.56. The molecule has 5 heteroatoms. The summed E-state index contributed by atoms with van der Waals surface area (Å²) in [6, 6.07) is 14.9. The second-order valence-corrected chi connectivity index (χ2v) is 5.07. The van der Waals surface area contributed by atoms with E-state index in [1.807, 2.05) is 6.07 Å². The number of amides is 1. The molecule has 0 saturated heterocycles. The predicted molar refractivity (Wildman–Crippen MR) is 86.7 cm³/mol. The van der Waals surface area contributed by atoms with Gasteiger partial charge in [-0.1, -0.05) is 30.3 Å². The molecule has 0 aliphatic heterocycles. The van der Waals surface area contributed by atoms with Gasteiger partial charge in [0.1, 0.15) is 0 Å². The zero-order chi connectivity index (χ0) is 16.7. The van der Waals surface area contributed by atoms with Crippen LogP contribution in [0.1, 0.15) is 40.0 Å². The van der Waals surface area contributed by atoms with Crippen molar-refractivity contribution in [3.05, 3.63) is 65.7 Å². The number of carboxylic acids is 1. The van der Waals surface area contributed by atoms with Crippen LogP contribution >= 0.6 is 0 Å². The molecule has 2 aromatic carbocycles. The van der Waals surface area contributed by atoms with Crippen LogP contribution in [0.5, 0.6) is 0 Å². The minimum Gasteiger partial charge on any atom is -0.478 e. The van der Waals surface area contributed by atoms with Crippen LogP contribution in [0.4, 0.5) is 5.69 Å². The Hall–Kier alpha value is -2.95. The second kappa shape index (κ2) is 7.89. The van der Waals surface area contributed by atoms with E-state index in [2.05, 4.69) is 5.32 Å². The number of anilines is 1. The Morgan fingerprint density at radius 3 is 2.09 bits per heavy atom.